The molecule has 0 aromatic heterocycles. The first-order chi connectivity index (χ1) is 6.26. The summed E-state index contributed by atoms with van der Waals surface area (Å²) in [5.41, 5.74) is 1.88. The summed E-state index contributed by atoms with van der Waals surface area (Å²) in [6.07, 6.45) is 3.58. The Morgan fingerprint density at radius 2 is 2.00 bits per heavy atom. The van der Waals surface area contributed by atoms with E-state index < -0.39 is 0 Å². The van der Waals surface area contributed by atoms with Gasteiger partial charge < -0.3 is 0 Å². The zero-order chi connectivity index (χ0) is 9.68. The molecule has 0 amide bonds. The molecule has 0 aliphatic heterocycles. The maximum Gasteiger partial charge on any atom is 0.146 e. The largest absolute Gasteiger partial charge is 0.298 e. The number of halogens is 1. The van der Waals surface area contributed by atoms with Gasteiger partial charge in [0, 0.05) is 4.47 Å². The molecule has 0 unspecified atom stereocenters. The number of allylic oxidation sites excluding steroid dienone is 1. The van der Waals surface area contributed by atoms with Crippen LogP contribution in [0.15, 0.2) is 34.3 Å². The van der Waals surface area contributed by atoms with E-state index in [1.54, 1.807) is 0 Å². The Morgan fingerprint density at radius 3 is 2.46 bits per heavy atom. The number of rotatable bonds is 3. The van der Waals surface area contributed by atoms with Crippen molar-refractivity contribution in [2.75, 3.05) is 0 Å². The smallest absolute Gasteiger partial charge is 0.146 e. The van der Waals surface area contributed by atoms with Crippen molar-refractivity contribution in [2.24, 2.45) is 0 Å². The highest BCUT2D eigenvalue weighted by Crippen LogP contribution is 2.13. The van der Waals surface area contributed by atoms with E-state index in [0.717, 1.165) is 28.3 Å². The quantitative estimate of drug-likeness (QED) is 0.583. The lowest BCUT2D eigenvalue weighted by molar-refractivity contribution is -0.104. The van der Waals surface area contributed by atoms with Gasteiger partial charge in [0.25, 0.3) is 0 Å². The molecule has 0 saturated heterocycles. The van der Waals surface area contributed by atoms with Gasteiger partial charge in [-0.15, -0.1) is 0 Å². The normalized spacial score (nSPS) is 11.4. The van der Waals surface area contributed by atoms with E-state index in [1.165, 1.54) is 0 Å². The molecule has 0 N–H and O–H groups in total. The minimum absolute atomic E-state index is 0.777. The fourth-order valence-electron chi connectivity index (χ4n) is 0.992. The van der Waals surface area contributed by atoms with Crippen LogP contribution in [0.1, 0.15) is 18.9 Å². The van der Waals surface area contributed by atoms with Crippen LogP contribution in [0.2, 0.25) is 0 Å². The van der Waals surface area contributed by atoms with Crippen LogP contribution < -0.4 is 0 Å². The first-order valence-electron chi connectivity index (χ1n) is 4.17. The van der Waals surface area contributed by atoms with Crippen LogP contribution in [0.3, 0.4) is 0 Å². The first kappa shape index (κ1) is 10.2. The summed E-state index contributed by atoms with van der Waals surface area (Å²) in [5.74, 6) is 0. The van der Waals surface area contributed by atoms with Crippen LogP contribution in [0.4, 0.5) is 0 Å². The van der Waals surface area contributed by atoms with Crippen LogP contribution in [0.5, 0.6) is 0 Å². The number of benzene rings is 1. The van der Waals surface area contributed by atoms with Crippen LogP contribution >= 0.6 is 15.9 Å². The highest BCUT2D eigenvalue weighted by Gasteiger charge is 1.92. The topological polar surface area (TPSA) is 17.1 Å². The number of hydrogen-bond donors (Lipinski definition) is 0. The highest BCUT2D eigenvalue weighted by molar-refractivity contribution is 9.10. The van der Waals surface area contributed by atoms with Crippen molar-refractivity contribution in [1.82, 2.24) is 0 Å². The van der Waals surface area contributed by atoms with Gasteiger partial charge in [0.05, 0.1) is 0 Å². The van der Waals surface area contributed by atoms with Gasteiger partial charge in [-0.3, -0.25) is 4.79 Å². The number of hydrogen-bond acceptors (Lipinski definition) is 1. The average molecular weight is 239 g/mol. The third-order valence-electron chi connectivity index (χ3n) is 1.78. The standard InChI is InChI=1S/C11H11BrO/c1-2-9(8-13)7-10-3-5-11(12)6-4-10/h3-8H,2H2,1H3/b9-7+. The van der Waals surface area contributed by atoms with E-state index in [-0.39, 0.29) is 0 Å². The van der Waals surface area contributed by atoms with Crippen molar-refractivity contribution >= 4 is 28.3 Å². The Kier molecular flexibility index (Phi) is 3.90. The van der Waals surface area contributed by atoms with Gasteiger partial charge in [0.15, 0.2) is 0 Å². The third-order valence-corrected chi connectivity index (χ3v) is 2.31. The fraction of sp³-hybridized carbons (Fsp3) is 0.182. The number of aldehydes is 1. The fourth-order valence-corrected chi connectivity index (χ4v) is 1.26. The molecule has 13 heavy (non-hydrogen) atoms. The molecular formula is C11H11BrO. The van der Waals surface area contributed by atoms with Crippen LogP contribution in [-0.4, -0.2) is 6.29 Å². The van der Waals surface area contributed by atoms with E-state index in [2.05, 4.69) is 15.9 Å². The Morgan fingerprint density at radius 1 is 1.38 bits per heavy atom. The predicted octanol–water partition coefficient (Wildman–Crippen LogP) is 3.44. The van der Waals surface area contributed by atoms with Crippen molar-refractivity contribution < 1.29 is 4.79 Å². The van der Waals surface area contributed by atoms with Crippen molar-refractivity contribution in [3.63, 3.8) is 0 Å². The zero-order valence-corrected chi connectivity index (χ0v) is 9.04. The minimum Gasteiger partial charge on any atom is -0.298 e. The van der Waals surface area contributed by atoms with Gasteiger partial charge in [-0.25, -0.2) is 0 Å². The predicted molar refractivity (Wildman–Crippen MR) is 58.5 cm³/mol. The minimum atomic E-state index is 0.777. The molecular weight excluding hydrogens is 228 g/mol. The first-order valence-corrected chi connectivity index (χ1v) is 4.97. The molecule has 0 spiro atoms. The lowest BCUT2D eigenvalue weighted by Gasteiger charge is -1.96. The number of carbonyl (C=O) groups is 1. The van der Waals surface area contributed by atoms with Gasteiger partial charge in [-0.1, -0.05) is 35.0 Å². The Labute approximate surface area is 86.6 Å². The van der Waals surface area contributed by atoms with E-state index in [0.29, 0.717) is 0 Å². The second-order valence-corrected chi connectivity index (χ2v) is 3.66. The lowest BCUT2D eigenvalue weighted by atomic mass is 10.1. The average Bonchev–Trinajstić information content (AvgIpc) is 2.17. The summed E-state index contributed by atoms with van der Waals surface area (Å²) >= 11 is 3.36. The summed E-state index contributed by atoms with van der Waals surface area (Å²) in [6.45, 7) is 1.97. The highest BCUT2D eigenvalue weighted by atomic mass is 79.9. The molecule has 0 radical (unpaired) electrons. The Balaban J connectivity index is 2.90. The summed E-state index contributed by atoms with van der Waals surface area (Å²) < 4.78 is 1.05. The van der Waals surface area contributed by atoms with E-state index in [1.807, 2.05) is 37.3 Å². The van der Waals surface area contributed by atoms with Crippen LogP contribution in [-0.2, 0) is 4.79 Å². The van der Waals surface area contributed by atoms with E-state index >= 15 is 0 Å². The lowest BCUT2D eigenvalue weighted by Crippen LogP contribution is -1.81. The SMILES string of the molecule is CC/C(C=O)=C\c1ccc(Br)cc1. The van der Waals surface area contributed by atoms with Crippen molar-refractivity contribution in [2.45, 2.75) is 13.3 Å². The van der Waals surface area contributed by atoms with E-state index in [4.69, 9.17) is 0 Å². The van der Waals surface area contributed by atoms with Gasteiger partial charge in [0.1, 0.15) is 6.29 Å². The van der Waals surface area contributed by atoms with Gasteiger partial charge in [0.2, 0.25) is 0 Å². The van der Waals surface area contributed by atoms with Crippen LogP contribution in [0.25, 0.3) is 6.08 Å². The number of carbonyl (C=O) groups excluding carboxylic acids is 1. The molecule has 68 valence electrons. The summed E-state index contributed by atoms with van der Waals surface area (Å²) in [4.78, 5) is 10.5. The summed E-state index contributed by atoms with van der Waals surface area (Å²) in [7, 11) is 0. The van der Waals surface area contributed by atoms with Crippen molar-refractivity contribution in [3.8, 4) is 0 Å². The summed E-state index contributed by atoms with van der Waals surface area (Å²) in [5, 5.41) is 0. The third kappa shape index (κ3) is 3.15. The molecule has 0 aliphatic carbocycles. The Bertz CT molecular complexity index is 311. The Hall–Kier alpha value is -0.890. The molecule has 1 aromatic carbocycles. The van der Waals surface area contributed by atoms with E-state index in [9.17, 15) is 4.79 Å². The molecule has 0 atom stereocenters. The van der Waals surface area contributed by atoms with Gasteiger partial charge in [-0.2, -0.15) is 0 Å². The molecule has 1 nitrogen and oxygen atoms in total. The van der Waals surface area contributed by atoms with Crippen molar-refractivity contribution in [1.29, 1.82) is 0 Å². The van der Waals surface area contributed by atoms with Gasteiger partial charge in [-0.05, 0) is 35.8 Å². The molecule has 0 heterocycles. The summed E-state index contributed by atoms with van der Waals surface area (Å²) in [6, 6.07) is 7.88. The molecule has 0 bridgehead atoms. The molecule has 0 aliphatic rings. The molecule has 0 fully saturated rings. The maximum atomic E-state index is 10.5. The van der Waals surface area contributed by atoms with Gasteiger partial charge >= 0.3 is 0 Å². The van der Waals surface area contributed by atoms with Crippen LogP contribution in [0, 0.1) is 0 Å². The molecule has 2 heteroatoms. The second-order valence-electron chi connectivity index (χ2n) is 2.74. The van der Waals surface area contributed by atoms with Crippen molar-refractivity contribution in [3.05, 3.63) is 39.9 Å². The molecule has 1 aromatic rings. The molecule has 0 saturated carbocycles. The molecule has 1 rings (SSSR count). The second kappa shape index (κ2) is 4.97. The zero-order valence-electron chi connectivity index (χ0n) is 7.46. The maximum absolute atomic E-state index is 10.5. The monoisotopic (exact) mass is 238 g/mol.